The molecule has 2 aromatic rings. The summed E-state index contributed by atoms with van der Waals surface area (Å²) in [4.78, 5) is 10.8. The summed E-state index contributed by atoms with van der Waals surface area (Å²) in [6, 6.07) is 3.67. The Kier molecular flexibility index (Phi) is 3.34. The summed E-state index contributed by atoms with van der Waals surface area (Å²) in [5.74, 6) is -1.75. The van der Waals surface area contributed by atoms with Crippen molar-refractivity contribution in [1.29, 1.82) is 0 Å². The number of rotatable bonds is 3. The fourth-order valence-electron chi connectivity index (χ4n) is 1.63. The first-order valence-electron chi connectivity index (χ1n) is 5.18. The largest absolute Gasteiger partial charge is 0.478 e. The van der Waals surface area contributed by atoms with Crippen molar-refractivity contribution in [3.63, 3.8) is 0 Å². The lowest BCUT2D eigenvalue weighted by molar-refractivity contribution is 0.0696. The van der Waals surface area contributed by atoms with Crippen LogP contribution in [0.3, 0.4) is 0 Å². The molecule has 0 spiro atoms. The van der Waals surface area contributed by atoms with Crippen molar-refractivity contribution in [1.82, 2.24) is 9.78 Å². The van der Waals surface area contributed by atoms with Gasteiger partial charge in [0.1, 0.15) is 5.82 Å². The lowest BCUT2D eigenvalue weighted by atomic mass is 10.1. The van der Waals surface area contributed by atoms with Crippen LogP contribution in [0.15, 0.2) is 24.4 Å². The summed E-state index contributed by atoms with van der Waals surface area (Å²) in [7, 11) is 0. The van der Waals surface area contributed by atoms with E-state index in [1.165, 1.54) is 16.8 Å². The van der Waals surface area contributed by atoms with Crippen LogP contribution < -0.4 is 0 Å². The molecule has 1 heterocycles. The van der Waals surface area contributed by atoms with E-state index in [1.54, 1.807) is 13.1 Å². The Morgan fingerprint density at radius 3 is 2.78 bits per heavy atom. The second-order valence-electron chi connectivity index (χ2n) is 3.91. The van der Waals surface area contributed by atoms with Crippen molar-refractivity contribution >= 4 is 17.6 Å². The molecule has 0 radical (unpaired) electrons. The average Bonchev–Trinajstić information content (AvgIpc) is 2.56. The molecule has 0 amide bonds. The molecular formula is C12H10ClFN2O2. The average molecular weight is 269 g/mol. The van der Waals surface area contributed by atoms with Gasteiger partial charge in [0.2, 0.25) is 0 Å². The minimum absolute atomic E-state index is 0.0834. The number of aromatic carboxylic acids is 1. The van der Waals surface area contributed by atoms with E-state index in [0.29, 0.717) is 16.3 Å². The molecule has 0 unspecified atom stereocenters. The van der Waals surface area contributed by atoms with E-state index >= 15 is 0 Å². The van der Waals surface area contributed by atoms with Crippen molar-refractivity contribution in [3.8, 4) is 0 Å². The number of halogens is 2. The SMILES string of the molecule is Cc1nn(Cc2cc(F)cc(C(=O)O)c2)cc1Cl. The molecule has 94 valence electrons. The van der Waals surface area contributed by atoms with Crippen LogP contribution in [-0.2, 0) is 6.54 Å². The van der Waals surface area contributed by atoms with E-state index in [4.69, 9.17) is 16.7 Å². The number of benzene rings is 1. The highest BCUT2D eigenvalue weighted by molar-refractivity contribution is 6.31. The number of aromatic nitrogens is 2. The van der Waals surface area contributed by atoms with Crippen LogP contribution in [0, 0.1) is 12.7 Å². The van der Waals surface area contributed by atoms with E-state index in [9.17, 15) is 9.18 Å². The van der Waals surface area contributed by atoms with E-state index in [-0.39, 0.29) is 12.1 Å². The van der Waals surface area contributed by atoms with Crippen LogP contribution in [0.1, 0.15) is 21.6 Å². The first kappa shape index (κ1) is 12.6. The monoisotopic (exact) mass is 268 g/mol. The van der Waals surface area contributed by atoms with E-state index in [2.05, 4.69) is 5.10 Å². The van der Waals surface area contributed by atoms with Crippen LogP contribution in [-0.4, -0.2) is 20.9 Å². The van der Waals surface area contributed by atoms with Gasteiger partial charge in [-0.15, -0.1) is 0 Å². The predicted octanol–water partition coefficient (Wildman–Crippen LogP) is 2.73. The zero-order valence-corrected chi connectivity index (χ0v) is 10.3. The van der Waals surface area contributed by atoms with Gasteiger partial charge in [0.25, 0.3) is 0 Å². The van der Waals surface area contributed by atoms with Crippen molar-refractivity contribution < 1.29 is 14.3 Å². The molecule has 18 heavy (non-hydrogen) atoms. The van der Waals surface area contributed by atoms with Crippen molar-refractivity contribution in [3.05, 3.63) is 52.1 Å². The lowest BCUT2D eigenvalue weighted by Crippen LogP contribution is -2.04. The first-order chi connectivity index (χ1) is 8.45. The molecule has 1 aromatic heterocycles. The number of nitrogens with zero attached hydrogens (tertiary/aromatic N) is 2. The Morgan fingerprint density at radius 1 is 1.50 bits per heavy atom. The summed E-state index contributed by atoms with van der Waals surface area (Å²) in [6.07, 6.45) is 1.61. The Bertz CT molecular complexity index is 591. The summed E-state index contributed by atoms with van der Waals surface area (Å²) in [6.45, 7) is 2.03. The quantitative estimate of drug-likeness (QED) is 0.931. The van der Waals surface area contributed by atoms with Gasteiger partial charge >= 0.3 is 5.97 Å². The van der Waals surface area contributed by atoms with Gasteiger partial charge in [-0.2, -0.15) is 5.10 Å². The molecule has 0 bridgehead atoms. The summed E-state index contributed by atoms with van der Waals surface area (Å²) in [5.41, 5.74) is 1.11. The van der Waals surface area contributed by atoms with Gasteiger partial charge in [-0.25, -0.2) is 9.18 Å². The minimum atomic E-state index is -1.16. The Hall–Kier alpha value is -1.88. The van der Waals surface area contributed by atoms with Gasteiger partial charge < -0.3 is 5.11 Å². The molecule has 0 saturated carbocycles. The minimum Gasteiger partial charge on any atom is -0.478 e. The molecule has 0 aliphatic carbocycles. The highest BCUT2D eigenvalue weighted by Crippen LogP contribution is 2.15. The Labute approximate surface area is 108 Å². The standard InChI is InChI=1S/C12H10ClFN2O2/c1-7-11(13)6-16(15-7)5-8-2-9(12(17)18)4-10(14)3-8/h2-4,6H,5H2,1H3,(H,17,18). The van der Waals surface area contributed by atoms with Crippen LogP contribution >= 0.6 is 11.6 Å². The Balaban J connectivity index is 2.31. The highest BCUT2D eigenvalue weighted by atomic mass is 35.5. The fourth-order valence-corrected chi connectivity index (χ4v) is 1.78. The normalized spacial score (nSPS) is 10.6. The number of hydrogen-bond donors (Lipinski definition) is 1. The van der Waals surface area contributed by atoms with Gasteiger partial charge in [-0.05, 0) is 30.7 Å². The third-order valence-corrected chi connectivity index (χ3v) is 2.81. The zero-order valence-electron chi connectivity index (χ0n) is 9.52. The van der Waals surface area contributed by atoms with Crippen LogP contribution in [0.2, 0.25) is 5.02 Å². The molecule has 1 aromatic carbocycles. The summed E-state index contributed by atoms with van der Waals surface area (Å²) in [5, 5.41) is 13.5. The molecule has 2 rings (SSSR count). The van der Waals surface area contributed by atoms with E-state index in [0.717, 1.165) is 6.07 Å². The van der Waals surface area contributed by atoms with Gasteiger partial charge in [0.15, 0.2) is 0 Å². The van der Waals surface area contributed by atoms with Gasteiger partial charge in [0.05, 0.1) is 22.8 Å². The first-order valence-corrected chi connectivity index (χ1v) is 5.56. The molecule has 4 nitrogen and oxygen atoms in total. The number of carbonyl (C=O) groups is 1. The molecule has 0 atom stereocenters. The molecule has 0 aliphatic rings. The number of carboxylic acid groups (broad SMARTS) is 1. The van der Waals surface area contributed by atoms with Crippen molar-refractivity contribution in [2.75, 3.05) is 0 Å². The third kappa shape index (κ3) is 2.68. The zero-order chi connectivity index (χ0) is 13.3. The highest BCUT2D eigenvalue weighted by Gasteiger charge is 2.08. The molecular weight excluding hydrogens is 259 g/mol. The van der Waals surface area contributed by atoms with E-state index in [1.807, 2.05) is 0 Å². The van der Waals surface area contributed by atoms with Crippen LogP contribution in [0.25, 0.3) is 0 Å². The Morgan fingerprint density at radius 2 is 2.22 bits per heavy atom. The molecule has 0 fully saturated rings. The van der Waals surface area contributed by atoms with Crippen molar-refractivity contribution in [2.24, 2.45) is 0 Å². The topological polar surface area (TPSA) is 55.1 Å². The third-order valence-electron chi connectivity index (χ3n) is 2.44. The maximum atomic E-state index is 13.3. The predicted molar refractivity (Wildman–Crippen MR) is 64.4 cm³/mol. The summed E-state index contributed by atoms with van der Waals surface area (Å²) < 4.78 is 14.8. The molecule has 0 aliphatic heterocycles. The maximum Gasteiger partial charge on any atom is 0.335 e. The van der Waals surface area contributed by atoms with E-state index < -0.39 is 11.8 Å². The van der Waals surface area contributed by atoms with Gasteiger partial charge in [0, 0.05) is 6.20 Å². The number of carboxylic acids is 1. The summed E-state index contributed by atoms with van der Waals surface area (Å²) >= 11 is 5.86. The molecule has 1 N–H and O–H groups in total. The van der Waals surface area contributed by atoms with Gasteiger partial charge in [-0.1, -0.05) is 11.6 Å². The smallest absolute Gasteiger partial charge is 0.335 e. The maximum absolute atomic E-state index is 13.3. The molecule has 6 heteroatoms. The fraction of sp³-hybridized carbons (Fsp3) is 0.167. The van der Waals surface area contributed by atoms with Crippen LogP contribution in [0.5, 0.6) is 0 Å². The second-order valence-corrected chi connectivity index (χ2v) is 4.32. The second kappa shape index (κ2) is 4.78. The van der Waals surface area contributed by atoms with Crippen LogP contribution in [0.4, 0.5) is 4.39 Å². The number of hydrogen-bond acceptors (Lipinski definition) is 2. The van der Waals surface area contributed by atoms with Gasteiger partial charge in [-0.3, -0.25) is 4.68 Å². The van der Waals surface area contributed by atoms with Crippen molar-refractivity contribution in [2.45, 2.75) is 13.5 Å². The molecule has 0 saturated heterocycles. The number of aryl methyl sites for hydroxylation is 1. The lowest BCUT2D eigenvalue weighted by Gasteiger charge is -2.04.